The molecule has 0 amide bonds. The number of alkyl halides is 4. The van der Waals surface area contributed by atoms with Crippen LogP contribution in [0.25, 0.3) is 0 Å². The number of benzene rings is 1. The summed E-state index contributed by atoms with van der Waals surface area (Å²) in [6.07, 6.45) is -1.75. The lowest BCUT2D eigenvalue weighted by Crippen LogP contribution is -2.32. The van der Waals surface area contributed by atoms with Crippen LogP contribution in [0.2, 0.25) is 5.02 Å². The monoisotopic (exact) mass is 324 g/mol. The second kappa shape index (κ2) is 6.57. The van der Waals surface area contributed by atoms with Crippen molar-refractivity contribution >= 4 is 23.2 Å². The fraction of sp³-hybridized carbons (Fsp3) is 0.600. The minimum Gasteiger partial charge on any atom is -0.171 e. The largest absolute Gasteiger partial charge is 0.391 e. The fourth-order valence-electron chi connectivity index (χ4n) is 2.91. The molecule has 1 aromatic carbocycles. The van der Waals surface area contributed by atoms with E-state index >= 15 is 0 Å². The van der Waals surface area contributed by atoms with Gasteiger partial charge in [-0.2, -0.15) is 13.2 Å². The van der Waals surface area contributed by atoms with Gasteiger partial charge < -0.3 is 0 Å². The van der Waals surface area contributed by atoms with E-state index in [9.17, 15) is 13.2 Å². The van der Waals surface area contributed by atoms with Gasteiger partial charge in [-0.1, -0.05) is 30.2 Å². The van der Waals surface area contributed by atoms with Crippen LogP contribution in [0, 0.1) is 11.8 Å². The second-order valence-electron chi connectivity index (χ2n) is 5.52. The first kappa shape index (κ1) is 16.0. The summed E-state index contributed by atoms with van der Waals surface area (Å²) in [4.78, 5) is 0. The molecular weight excluding hydrogens is 308 g/mol. The van der Waals surface area contributed by atoms with Crippen molar-refractivity contribution in [1.29, 1.82) is 0 Å². The van der Waals surface area contributed by atoms with E-state index in [1.165, 1.54) is 0 Å². The Bertz CT molecular complexity index is 445. The van der Waals surface area contributed by atoms with Gasteiger partial charge in [0.25, 0.3) is 0 Å². The summed E-state index contributed by atoms with van der Waals surface area (Å²) in [5.41, 5.74) is 0.978. The third-order valence-electron chi connectivity index (χ3n) is 4.01. The van der Waals surface area contributed by atoms with Crippen LogP contribution in [-0.4, -0.2) is 11.6 Å². The molecule has 0 spiro atoms. The van der Waals surface area contributed by atoms with Gasteiger partial charge in [0.05, 0.1) is 5.92 Å². The quantitative estimate of drug-likeness (QED) is 0.611. The van der Waals surface area contributed by atoms with E-state index in [-0.39, 0.29) is 24.1 Å². The molecule has 0 radical (unpaired) electrons. The molecule has 112 valence electrons. The molecule has 1 fully saturated rings. The molecule has 3 unspecified atom stereocenters. The van der Waals surface area contributed by atoms with Crippen LogP contribution in [0.4, 0.5) is 13.2 Å². The highest BCUT2D eigenvalue weighted by Crippen LogP contribution is 2.42. The first-order valence-electron chi connectivity index (χ1n) is 6.81. The SMILES string of the molecule is FC(F)(F)C1CCCC(C(Cl)Cc2cccc(Cl)c2)C1. The minimum absolute atomic E-state index is 0.0731. The standard InChI is InChI=1S/C15H17Cl2F3/c16-13-6-1-3-10(7-13)8-14(17)11-4-2-5-12(9-11)15(18,19)20/h1,3,6-7,11-12,14H,2,4-5,8-9H2. The highest BCUT2D eigenvalue weighted by atomic mass is 35.5. The summed E-state index contributed by atoms with van der Waals surface area (Å²) >= 11 is 12.3. The zero-order chi connectivity index (χ0) is 14.8. The maximum absolute atomic E-state index is 12.8. The zero-order valence-electron chi connectivity index (χ0n) is 11.0. The number of hydrogen-bond acceptors (Lipinski definition) is 0. The normalized spacial score (nSPS) is 25.4. The van der Waals surface area contributed by atoms with Crippen molar-refractivity contribution in [2.75, 3.05) is 0 Å². The van der Waals surface area contributed by atoms with E-state index < -0.39 is 12.1 Å². The van der Waals surface area contributed by atoms with Crippen LogP contribution in [-0.2, 0) is 6.42 Å². The third kappa shape index (κ3) is 4.29. The molecule has 2 rings (SSSR count). The first-order chi connectivity index (χ1) is 9.36. The molecule has 1 saturated carbocycles. The maximum atomic E-state index is 12.8. The average Bonchev–Trinajstić information content (AvgIpc) is 2.38. The van der Waals surface area contributed by atoms with Crippen LogP contribution in [0.5, 0.6) is 0 Å². The van der Waals surface area contributed by atoms with Gasteiger partial charge in [0, 0.05) is 10.4 Å². The summed E-state index contributed by atoms with van der Waals surface area (Å²) in [5, 5.41) is 0.363. The Hall–Kier alpha value is -0.410. The Morgan fingerprint density at radius 3 is 2.65 bits per heavy atom. The van der Waals surface area contributed by atoms with Gasteiger partial charge in [-0.25, -0.2) is 0 Å². The van der Waals surface area contributed by atoms with Crippen molar-refractivity contribution in [1.82, 2.24) is 0 Å². The Morgan fingerprint density at radius 2 is 2.00 bits per heavy atom. The lowest BCUT2D eigenvalue weighted by Gasteiger charge is -2.33. The van der Waals surface area contributed by atoms with Gasteiger partial charge in [-0.3, -0.25) is 0 Å². The van der Waals surface area contributed by atoms with Crippen molar-refractivity contribution in [3.05, 3.63) is 34.9 Å². The van der Waals surface area contributed by atoms with Gasteiger partial charge >= 0.3 is 6.18 Å². The molecule has 0 bridgehead atoms. The highest BCUT2D eigenvalue weighted by molar-refractivity contribution is 6.30. The van der Waals surface area contributed by atoms with Gasteiger partial charge in [0.2, 0.25) is 0 Å². The number of hydrogen-bond donors (Lipinski definition) is 0. The van der Waals surface area contributed by atoms with Crippen molar-refractivity contribution in [2.45, 2.75) is 43.7 Å². The van der Waals surface area contributed by atoms with Crippen molar-refractivity contribution in [3.63, 3.8) is 0 Å². The number of halogens is 5. The fourth-order valence-corrected chi connectivity index (χ4v) is 3.53. The molecule has 5 heteroatoms. The topological polar surface area (TPSA) is 0 Å². The molecule has 0 N–H and O–H groups in total. The summed E-state index contributed by atoms with van der Waals surface area (Å²) in [5.74, 6) is -1.27. The summed E-state index contributed by atoms with van der Waals surface area (Å²) < 4.78 is 38.4. The predicted octanol–water partition coefficient (Wildman–Crippen LogP) is 5.86. The molecule has 0 saturated heterocycles. The smallest absolute Gasteiger partial charge is 0.171 e. The van der Waals surface area contributed by atoms with Gasteiger partial charge in [0.15, 0.2) is 0 Å². The molecular formula is C15H17Cl2F3. The summed E-state index contributed by atoms with van der Waals surface area (Å²) in [7, 11) is 0. The van der Waals surface area contributed by atoms with E-state index in [2.05, 4.69) is 0 Å². The average molecular weight is 325 g/mol. The summed E-state index contributed by atoms with van der Waals surface area (Å²) in [6, 6.07) is 7.33. The van der Waals surface area contributed by atoms with Crippen molar-refractivity contribution < 1.29 is 13.2 Å². The van der Waals surface area contributed by atoms with E-state index in [0.717, 1.165) is 12.0 Å². The molecule has 0 aliphatic heterocycles. The van der Waals surface area contributed by atoms with Crippen LogP contribution in [0.3, 0.4) is 0 Å². The first-order valence-corrected chi connectivity index (χ1v) is 7.63. The van der Waals surface area contributed by atoms with E-state index in [4.69, 9.17) is 23.2 Å². The van der Waals surface area contributed by atoms with Crippen molar-refractivity contribution in [3.8, 4) is 0 Å². The van der Waals surface area contributed by atoms with Gasteiger partial charge in [0.1, 0.15) is 0 Å². The molecule has 0 aromatic heterocycles. The zero-order valence-corrected chi connectivity index (χ0v) is 12.5. The molecule has 0 heterocycles. The molecule has 0 nitrogen and oxygen atoms in total. The van der Waals surface area contributed by atoms with Crippen LogP contribution >= 0.6 is 23.2 Å². The third-order valence-corrected chi connectivity index (χ3v) is 4.75. The van der Waals surface area contributed by atoms with E-state index in [0.29, 0.717) is 17.9 Å². The lowest BCUT2D eigenvalue weighted by molar-refractivity contribution is -0.185. The van der Waals surface area contributed by atoms with Crippen LogP contribution < -0.4 is 0 Å². The summed E-state index contributed by atoms with van der Waals surface area (Å²) in [6.45, 7) is 0. The Morgan fingerprint density at radius 1 is 1.25 bits per heavy atom. The minimum atomic E-state index is -4.09. The van der Waals surface area contributed by atoms with Gasteiger partial charge in [-0.05, 0) is 49.3 Å². The van der Waals surface area contributed by atoms with E-state index in [1.54, 1.807) is 6.07 Å². The number of rotatable bonds is 3. The van der Waals surface area contributed by atoms with E-state index in [1.807, 2.05) is 18.2 Å². The van der Waals surface area contributed by atoms with Crippen LogP contribution in [0.1, 0.15) is 31.2 Å². The predicted molar refractivity (Wildman–Crippen MR) is 76.3 cm³/mol. The Labute approximate surface area is 127 Å². The van der Waals surface area contributed by atoms with Crippen LogP contribution in [0.15, 0.2) is 24.3 Å². The second-order valence-corrected chi connectivity index (χ2v) is 6.51. The lowest BCUT2D eigenvalue weighted by atomic mass is 9.78. The molecule has 1 aliphatic carbocycles. The highest BCUT2D eigenvalue weighted by Gasteiger charge is 2.43. The Balaban J connectivity index is 1.97. The molecule has 1 aromatic rings. The van der Waals surface area contributed by atoms with Crippen molar-refractivity contribution in [2.24, 2.45) is 11.8 Å². The molecule has 1 aliphatic rings. The molecule has 3 atom stereocenters. The van der Waals surface area contributed by atoms with Gasteiger partial charge in [-0.15, -0.1) is 11.6 Å². The molecule has 20 heavy (non-hydrogen) atoms. The Kier molecular flexibility index (Phi) is 5.25. The maximum Gasteiger partial charge on any atom is 0.391 e.